The zero-order valence-corrected chi connectivity index (χ0v) is 24.5. The summed E-state index contributed by atoms with van der Waals surface area (Å²) in [4.78, 5) is 28.1. The Morgan fingerprint density at radius 1 is 0.837 bits per heavy atom. The van der Waals surface area contributed by atoms with Crippen LogP contribution in [-0.4, -0.2) is 51.9 Å². The molecule has 0 heterocycles. The monoisotopic (exact) mass is 605 g/mol. The van der Waals surface area contributed by atoms with E-state index in [4.69, 9.17) is 9.47 Å². The molecule has 2 amide bonds. The molecular weight excluding hydrogens is 573 g/mol. The van der Waals surface area contributed by atoms with Crippen LogP contribution in [0.15, 0.2) is 108 Å². The lowest BCUT2D eigenvalue weighted by atomic mass is 10.0. The third kappa shape index (κ3) is 8.55. The van der Waals surface area contributed by atoms with E-state index in [0.29, 0.717) is 5.75 Å². The summed E-state index contributed by atoms with van der Waals surface area (Å²) in [6, 6.07) is 26.2. The second-order valence-electron chi connectivity index (χ2n) is 9.56. The maximum absolute atomic E-state index is 13.6. The minimum Gasteiger partial charge on any atom is -0.497 e. The van der Waals surface area contributed by atoms with Gasteiger partial charge in [0.25, 0.3) is 15.9 Å². The first kappa shape index (κ1) is 31.0. The summed E-state index contributed by atoms with van der Waals surface area (Å²) >= 11 is 0. The van der Waals surface area contributed by atoms with Gasteiger partial charge in [0.15, 0.2) is 6.61 Å². The van der Waals surface area contributed by atoms with Crippen LogP contribution < -0.4 is 19.5 Å². The Hall–Kier alpha value is -4.90. The van der Waals surface area contributed by atoms with Crippen molar-refractivity contribution in [2.24, 2.45) is 0 Å². The van der Waals surface area contributed by atoms with Gasteiger partial charge in [-0.1, -0.05) is 42.5 Å². The van der Waals surface area contributed by atoms with Gasteiger partial charge in [-0.2, -0.15) is 0 Å². The van der Waals surface area contributed by atoms with E-state index in [-0.39, 0.29) is 35.2 Å². The van der Waals surface area contributed by atoms with Gasteiger partial charge in [0.05, 0.1) is 12.0 Å². The normalized spacial score (nSPS) is 11.7. The number of nitrogens with one attached hydrogen (secondary N) is 2. The predicted molar refractivity (Wildman–Crippen MR) is 161 cm³/mol. The van der Waals surface area contributed by atoms with Crippen molar-refractivity contribution >= 4 is 27.5 Å². The third-order valence-electron chi connectivity index (χ3n) is 6.62. The zero-order chi connectivity index (χ0) is 30.8. The average Bonchev–Trinajstić information content (AvgIpc) is 3.03. The van der Waals surface area contributed by atoms with E-state index in [9.17, 15) is 22.4 Å². The van der Waals surface area contributed by atoms with Gasteiger partial charge in [-0.15, -0.1) is 0 Å². The molecule has 0 saturated carbocycles. The molecule has 11 heteroatoms. The van der Waals surface area contributed by atoms with E-state index < -0.39 is 34.4 Å². The van der Waals surface area contributed by atoms with Crippen LogP contribution in [0.25, 0.3) is 0 Å². The molecule has 0 aromatic heterocycles. The van der Waals surface area contributed by atoms with E-state index in [1.807, 2.05) is 42.5 Å². The maximum atomic E-state index is 13.6. The van der Waals surface area contributed by atoms with Crippen LogP contribution in [0.1, 0.15) is 11.1 Å². The number of carbonyl (C=O) groups is 2. The van der Waals surface area contributed by atoms with Crippen LogP contribution in [0.4, 0.5) is 10.1 Å². The summed E-state index contributed by atoms with van der Waals surface area (Å²) < 4.78 is 52.0. The summed E-state index contributed by atoms with van der Waals surface area (Å²) in [7, 11) is -0.853. The first-order valence-corrected chi connectivity index (χ1v) is 14.9. The van der Waals surface area contributed by atoms with Crippen molar-refractivity contribution in [3.05, 3.63) is 120 Å². The molecule has 4 aromatic carbocycles. The number of rotatable bonds is 13. The molecule has 0 saturated heterocycles. The van der Waals surface area contributed by atoms with Crippen molar-refractivity contribution in [3.63, 3.8) is 0 Å². The Morgan fingerprint density at radius 3 is 2.07 bits per heavy atom. The number of methoxy groups -OCH3 is 1. The van der Waals surface area contributed by atoms with Crippen molar-refractivity contribution in [2.45, 2.75) is 23.9 Å². The Kier molecular flexibility index (Phi) is 10.3. The summed E-state index contributed by atoms with van der Waals surface area (Å²) in [5, 5.41) is 2.66. The van der Waals surface area contributed by atoms with Crippen LogP contribution >= 0.6 is 0 Å². The highest BCUT2D eigenvalue weighted by Crippen LogP contribution is 2.21. The Morgan fingerprint density at radius 2 is 1.47 bits per heavy atom. The van der Waals surface area contributed by atoms with Gasteiger partial charge in [0.2, 0.25) is 5.91 Å². The lowest BCUT2D eigenvalue weighted by Gasteiger charge is -2.31. The molecule has 4 aromatic rings. The Bertz CT molecular complexity index is 1610. The topological polar surface area (TPSA) is 114 Å². The fourth-order valence-electron chi connectivity index (χ4n) is 4.32. The molecular formula is C32H32FN3O6S. The molecule has 0 bridgehead atoms. The summed E-state index contributed by atoms with van der Waals surface area (Å²) in [6.07, 6.45) is 0.288. The molecule has 4 rings (SSSR count). The van der Waals surface area contributed by atoms with Crippen molar-refractivity contribution < 1.29 is 31.9 Å². The third-order valence-corrected chi connectivity index (χ3v) is 8.02. The number of ether oxygens (including phenoxy) is 2. The van der Waals surface area contributed by atoms with E-state index in [0.717, 1.165) is 23.3 Å². The molecule has 2 N–H and O–H groups in total. The molecule has 224 valence electrons. The van der Waals surface area contributed by atoms with Gasteiger partial charge in [-0.3, -0.25) is 14.3 Å². The number of hydrogen-bond acceptors (Lipinski definition) is 6. The van der Waals surface area contributed by atoms with Crippen molar-refractivity contribution in [2.75, 3.05) is 25.5 Å². The number of carbonyl (C=O) groups excluding carboxylic acids is 2. The maximum Gasteiger partial charge on any atom is 0.261 e. The number of hydrogen-bond donors (Lipinski definition) is 2. The Balaban J connectivity index is 1.50. The number of sulfonamides is 1. The molecule has 9 nitrogen and oxygen atoms in total. The number of amides is 2. The van der Waals surface area contributed by atoms with Crippen molar-refractivity contribution in [1.29, 1.82) is 0 Å². The highest BCUT2D eigenvalue weighted by atomic mass is 32.2. The van der Waals surface area contributed by atoms with Crippen molar-refractivity contribution in [3.8, 4) is 11.5 Å². The van der Waals surface area contributed by atoms with Gasteiger partial charge >= 0.3 is 0 Å². The Labute approximate surface area is 250 Å². The highest BCUT2D eigenvalue weighted by Gasteiger charge is 2.30. The first-order valence-electron chi connectivity index (χ1n) is 13.4. The van der Waals surface area contributed by atoms with Gasteiger partial charge in [-0.05, 0) is 71.8 Å². The summed E-state index contributed by atoms with van der Waals surface area (Å²) in [6.45, 7) is -0.248. The highest BCUT2D eigenvalue weighted by molar-refractivity contribution is 7.92. The predicted octanol–water partition coefficient (Wildman–Crippen LogP) is 4.40. The van der Waals surface area contributed by atoms with Crippen molar-refractivity contribution in [1.82, 2.24) is 10.2 Å². The molecule has 0 aliphatic rings. The standard InChI is InChI=1S/C32H32FN3O6S/c1-34-32(38)30(20-23-6-4-3-5-7-23)36(21-24-8-14-27(41-2)15-9-24)31(37)22-42-28-16-18-29(19-17-28)43(39,40)35-26-12-10-25(33)11-13-26/h3-19,30,35H,20-22H2,1-2H3,(H,34,38)/t30-/m1/s1. The van der Waals surface area contributed by atoms with E-state index in [1.165, 1.54) is 48.3 Å². The SMILES string of the molecule is CNC(=O)[C@@H](Cc1ccccc1)N(Cc1ccc(OC)cc1)C(=O)COc1ccc(S(=O)(=O)Nc2ccc(F)cc2)cc1. The van der Waals surface area contributed by atoms with E-state index in [1.54, 1.807) is 19.2 Å². The van der Waals surface area contributed by atoms with E-state index in [2.05, 4.69) is 10.0 Å². The molecule has 0 aliphatic carbocycles. The number of anilines is 1. The minimum absolute atomic E-state index is 0.0424. The molecule has 0 fully saturated rings. The first-order chi connectivity index (χ1) is 20.7. The molecule has 0 unspecified atom stereocenters. The molecule has 0 spiro atoms. The minimum atomic E-state index is -3.94. The second-order valence-corrected chi connectivity index (χ2v) is 11.2. The largest absolute Gasteiger partial charge is 0.497 e. The van der Waals surface area contributed by atoms with Gasteiger partial charge in [0, 0.05) is 25.7 Å². The lowest BCUT2D eigenvalue weighted by Crippen LogP contribution is -2.51. The lowest BCUT2D eigenvalue weighted by molar-refractivity contribution is -0.142. The molecule has 43 heavy (non-hydrogen) atoms. The average molecular weight is 606 g/mol. The number of likely N-dealkylation sites (N-methyl/N-ethyl adjacent to an activating group) is 1. The van der Waals surface area contributed by atoms with Gasteiger partial charge in [-0.25, -0.2) is 12.8 Å². The van der Waals surface area contributed by atoms with Crippen LogP contribution in [0.5, 0.6) is 11.5 Å². The van der Waals surface area contributed by atoms with Crippen LogP contribution in [0, 0.1) is 5.82 Å². The molecule has 1 atom stereocenters. The molecule has 0 radical (unpaired) electrons. The number of nitrogens with zero attached hydrogens (tertiary/aromatic N) is 1. The second kappa shape index (κ2) is 14.3. The number of halogens is 1. The quantitative estimate of drug-likeness (QED) is 0.234. The zero-order valence-electron chi connectivity index (χ0n) is 23.7. The fourth-order valence-corrected chi connectivity index (χ4v) is 5.38. The van der Waals surface area contributed by atoms with E-state index >= 15 is 0 Å². The summed E-state index contributed by atoms with van der Waals surface area (Å²) in [5.41, 5.74) is 1.89. The van der Waals surface area contributed by atoms with Crippen LogP contribution in [0.3, 0.4) is 0 Å². The van der Waals surface area contributed by atoms with Gasteiger partial charge in [0.1, 0.15) is 23.4 Å². The fraction of sp³-hybridized carbons (Fsp3) is 0.188. The van der Waals surface area contributed by atoms with Crippen LogP contribution in [0.2, 0.25) is 0 Å². The smallest absolute Gasteiger partial charge is 0.261 e. The number of benzene rings is 4. The summed E-state index contributed by atoms with van der Waals surface area (Å²) in [5.74, 6) is -0.319. The molecule has 0 aliphatic heterocycles. The van der Waals surface area contributed by atoms with Crippen LogP contribution in [-0.2, 0) is 32.6 Å². The van der Waals surface area contributed by atoms with Gasteiger partial charge < -0.3 is 19.7 Å².